The minimum Gasteiger partial charge on any atom is -0.490 e. The second-order valence-corrected chi connectivity index (χ2v) is 9.59. The molecule has 0 aliphatic heterocycles. The molecule has 4 aromatic carbocycles. The van der Waals surface area contributed by atoms with Crippen LogP contribution in [0.5, 0.6) is 11.5 Å². The van der Waals surface area contributed by atoms with Crippen LogP contribution in [0, 0.1) is 0 Å². The molecular weight excluding hydrogens is 476 g/mol. The van der Waals surface area contributed by atoms with Crippen LogP contribution in [0.15, 0.2) is 114 Å². The van der Waals surface area contributed by atoms with Gasteiger partial charge in [0.2, 0.25) is 10.0 Å². The second kappa shape index (κ2) is 12.0. The summed E-state index contributed by atoms with van der Waals surface area (Å²) in [6.07, 6.45) is 0. The number of sulfonamides is 1. The molecule has 4 rings (SSSR count). The largest absolute Gasteiger partial charge is 0.490 e. The maximum absolute atomic E-state index is 12.6. The van der Waals surface area contributed by atoms with E-state index in [-0.39, 0.29) is 17.3 Å². The van der Waals surface area contributed by atoms with Gasteiger partial charge in [0, 0.05) is 17.8 Å². The number of para-hydroxylation sites is 1. The lowest BCUT2D eigenvalue weighted by molar-refractivity contribution is 0.102. The van der Waals surface area contributed by atoms with E-state index in [4.69, 9.17) is 9.47 Å². The summed E-state index contributed by atoms with van der Waals surface area (Å²) in [6, 6.07) is 31.5. The number of carbonyl (C=O) groups excluding carboxylic acids is 1. The fourth-order valence-corrected chi connectivity index (χ4v) is 4.33. The molecule has 2 N–H and O–H groups in total. The van der Waals surface area contributed by atoms with Crippen LogP contribution >= 0.6 is 0 Å². The number of ether oxygens (including phenoxy) is 2. The lowest BCUT2D eigenvalue weighted by Gasteiger charge is -2.10. The highest BCUT2D eigenvalue weighted by Gasteiger charge is 2.14. The summed E-state index contributed by atoms with van der Waals surface area (Å²) < 4.78 is 38.9. The van der Waals surface area contributed by atoms with E-state index < -0.39 is 10.0 Å². The molecule has 7 nitrogen and oxygen atoms in total. The lowest BCUT2D eigenvalue weighted by atomic mass is 10.2. The molecule has 0 aromatic heterocycles. The fraction of sp³-hybridized carbons (Fsp3) is 0.107. The maximum Gasteiger partial charge on any atom is 0.255 e. The van der Waals surface area contributed by atoms with Gasteiger partial charge in [-0.15, -0.1) is 0 Å². The van der Waals surface area contributed by atoms with Gasteiger partial charge in [0.25, 0.3) is 5.91 Å². The Labute approximate surface area is 210 Å². The predicted molar refractivity (Wildman–Crippen MR) is 139 cm³/mol. The molecule has 0 fully saturated rings. The summed E-state index contributed by atoms with van der Waals surface area (Å²) in [7, 11) is -3.67. The number of hydrogen-bond acceptors (Lipinski definition) is 5. The van der Waals surface area contributed by atoms with Gasteiger partial charge in [-0.25, -0.2) is 13.1 Å². The molecule has 0 saturated carbocycles. The maximum atomic E-state index is 12.6. The van der Waals surface area contributed by atoms with Crippen molar-refractivity contribution in [3.05, 3.63) is 120 Å². The Bertz CT molecular complexity index is 1360. The molecule has 0 heterocycles. The molecule has 0 atom stereocenters. The summed E-state index contributed by atoms with van der Waals surface area (Å²) in [6.45, 7) is 0.969. The van der Waals surface area contributed by atoms with Crippen LogP contribution in [0.4, 0.5) is 5.69 Å². The van der Waals surface area contributed by atoms with E-state index in [2.05, 4.69) is 10.0 Å². The second-order valence-electron chi connectivity index (χ2n) is 7.82. The van der Waals surface area contributed by atoms with Crippen molar-refractivity contribution in [3.63, 3.8) is 0 Å². The van der Waals surface area contributed by atoms with Crippen LogP contribution in [-0.2, 0) is 16.6 Å². The van der Waals surface area contributed by atoms with E-state index in [1.54, 1.807) is 36.4 Å². The molecule has 0 radical (unpaired) electrons. The third kappa shape index (κ3) is 7.18. The first-order valence-corrected chi connectivity index (χ1v) is 12.8. The molecule has 0 spiro atoms. The van der Waals surface area contributed by atoms with Gasteiger partial charge in [0.05, 0.1) is 4.90 Å². The highest BCUT2D eigenvalue weighted by atomic mass is 32.2. The van der Waals surface area contributed by atoms with Gasteiger partial charge in [-0.3, -0.25) is 4.79 Å². The average molecular weight is 503 g/mol. The Balaban J connectivity index is 1.26. The van der Waals surface area contributed by atoms with Crippen molar-refractivity contribution in [1.82, 2.24) is 4.72 Å². The Morgan fingerprint density at radius 2 is 1.22 bits per heavy atom. The van der Waals surface area contributed by atoms with E-state index in [1.165, 1.54) is 12.1 Å². The van der Waals surface area contributed by atoms with Crippen molar-refractivity contribution >= 4 is 21.6 Å². The summed E-state index contributed by atoms with van der Waals surface area (Å²) >= 11 is 0. The lowest BCUT2D eigenvalue weighted by Crippen LogP contribution is -2.23. The van der Waals surface area contributed by atoms with Crippen molar-refractivity contribution in [2.24, 2.45) is 0 Å². The number of benzene rings is 4. The van der Waals surface area contributed by atoms with Gasteiger partial charge < -0.3 is 14.8 Å². The number of nitrogens with one attached hydrogen (secondary N) is 2. The van der Waals surface area contributed by atoms with Gasteiger partial charge >= 0.3 is 0 Å². The SMILES string of the molecule is O=C(Nc1ccc(S(=O)(=O)NCc2ccccc2)cc1)c1ccc(OCCOc2ccccc2)cc1. The van der Waals surface area contributed by atoms with Gasteiger partial charge in [-0.2, -0.15) is 0 Å². The van der Waals surface area contributed by atoms with Crippen LogP contribution in [0.3, 0.4) is 0 Å². The van der Waals surface area contributed by atoms with Gasteiger partial charge in [-0.05, 0) is 66.2 Å². The van der Waals surface area contributed by atoms with Crippen molar-refractivity contribution in [2.75, 3.05) is 18.5 Å². The van der Waals surface area contributed by atoms with E-state index in [1.807, 2.05) is 60.7 Å². The minimum atomic E-state index is -3.67. The first-order valence-electron chi connectivity index (χ1n) is 11.4. The number of carbonyl (C=O) groups is 1. The van der Waals surface area contributed by atoms with E-state index in [0.717, 1.165) is 11.3 Å². The summed E-state index contributed by atoms with van der Waals surface area (Å²) in [4.78, 5) is 12.7. The Kier molecular flexibility index (Phi) is 8.33. The first kappa shape index (κ1) is 25.0. The smallest absolute Gasteiger partial charge is 0.255 e. The van der Waals surface area contributed by atoms with Crippen LogP contribution in [0.25, 0.3) is 0 Å². The first-order chi connectivity index (χ1) is 17.5. The highest BCUT2D eigenvalue weighted by Crippen LogP contribution is 2.17. The standard InChI is InChI=1S/C28H26N2O5S/c31-28(23-11-15-26(16-12-23)35-20-19-34-25-9-5-2-6-10-25)30-24-13-17-27(18-14-24)36(32,33)29-21-22-7-3-1-4-8-22/h1-18,29H,19-21H2,(H,30,31). The number of hydrogen-bond donors (Lipinski definition) is 2. The minimum absolute atomic E-state index is 0.120. The fourth-order valence-electron chi connectivity index (χ4n) is 3.32. The molecule has 8 heteroatoms. The van der Waals surface area contributed by atoms with Crippen molar-refractivity contribution < 1.29 is 22.7 Å². The molecule has 1 amide bonds. The highest BCUT2D eigenvalue weighted by molar-refractivity contribution is 7.89. The zero-order chi connectivity index (χ0) is 25.2. The van der Waals surface area contributed by atoms with Crippen molar-refractivity contribution in [1.29, 1.82) is 0 Å². The molecule has 0 saturated heterocycles. The average Bonchev–Trinajstić information content (AvgIpc) is 2.92. The summed E-state index contributed by atoms with van der Waals surface area (Å²) in [5, 5.41) is 2.77. The number of amides is 1. The Morgan fingerprint density at radius 3 is 1.83 bits per heavy atom. The molecule has 184 valence electrons. The molecule has 0 bridgehead atoms. The summed E-state index contributed by atoms with van der Waals surface area (Å²) in [5.74, 6) is 1.09. The van der Waals surface area contributed by atoms with Gasteiger partial charge in [-0.1, -0.05) is 48.5 Å². The van der Waals surface area contributed by atoms with Crippen LogP contribution in [0.2, 0.25) is 0 Å². The van der Waals surface area contributed by atoms with Crippen LogP contribution in [-0.4, -0.2) is 27.5 Å². The van der Waals surface area contributed by atoms with E-state index in [9.17, 15) is 13.2 Å². The van der Waals surface area contributed by atoms with E-state index >= 15 is 0 Å². The molecule has 36 heavy (non-hydrogen) atoms. The zero-order valence-electron chi connectivity index (χ0n) is 19.5. The predicted octanol–water partition coefficient (Wildman–Crippen LogP) is 4.88. The molecule has 0 unspecified atom stereocenters. The third-order valence-electron chi connectivity index (χ3n) is 5.21. The van der Waals surface area contributed by atoms with Crippen LogP contribution in [0.1, 0.15) is 15.9 Å². The van der Waals surface area contributed by atoms with Crippen LogP contribution < -0.4 is 19.5 Å². The number of rotatable bonds is 11. The zero-order valence-corrected chi connectivity index (χ0v) is 20.3. The Hall–Kier alpha value is -4.14. The van der Waals surface area contributed by atoms with Gasteiger partial charge in [0.1, 0.15) is 24.7 Å². The normalized spacial score (nSPS) is 11.0. The molecular formula is C28H26N2O5S. The summed E-state index contributed by atoms with van der Waals surface area (Å²) in [5.41, 5.74) is 1.80. The monoisotopic (exact) mass is 502 g/mol. The third-order valence-corrected chi connectivity index (χ3v) is 6.63. The quantitative estimate of drug-likeness (QED) is 0.285. The Morgan fingerprint density at radius 1 is 0.667 bits per heavy atom. The molecule has 0 aliphatic carbocycles. The molecule has 4 aromatic rings. The van der Waals surface area contributed by atoms with Gasteiger partial charge in [0.15, 0.2) is 0 Å². The van der Waals surface area contributed by atoms with Crippen molar-refractivity contribution in [3.8, 4) is 11.5 Å². The van der Waals surface area contributed by atoms with Crippen molar-refractivity contribution in [2.45, 2.75) is 11.4 Å². The van der Waals surface area contributed by atoms with E-state index in [0.29, 0.717) is 30.2 Å². The number of anilines is 1. The topological polar surface area (TPSA) is 93.7 Å². The molecule has 0 aliphatic rings.